The van der Waals surface area contributed by atoms with Gasteiger partial charge in [0.25, 0.3) is 17.5 Å². The Morgan fingerprint density at radius 2 is 1.48 bits per heavy atom. The van der Waals surface area contributed by atoms with Gasteiger partial charge in [-0.3, -0.25) is 35.5 Å². The summed E-state index contributed by atoms with van der Waals surface area (Å²) in [6, 6.07) is 16.9. The Bertz CT molecular complexity index is 1100. The van der Waals surface area contributed by atoms with Crippen LogP contribution >= 0.6 is 12.2 Å². The van der Waals surface area contributed by atoms with Crippen LogP contribution in [0.3, 0.4) is 0 Å². The molecule has 11 heteroatoms. The maximum Gasteiger partial charge on any atom is 0.274 e. The van der Waals surface area contributed by atoms with E-state index in [-0.39, 0.29) is 22.4 Å². The van der Waals surface area contributed by atoms with E-state index in [1.54, 1.807) is 30.3 Å². The van der Waals surface area contributed by atoms with Gasteiger partial charge < -0.3 is 10.6 Å². The first-order chi connectivity index (χ1) is 14.9. The van der Waals surface area contributed by atoms with Gasteiger partial charge in [0.05, 0.1) is 4.92 Å². The molecule has 10 nitrogen and oxygen atoms in total. The number of carbonyl (C=O) groups excluding carboxylic acids is 2. The number of amides is 2. The summed E-state index contributed by atoms with van der Waals surface area (Å²) in [6.07, 6.45) is 1.52. The number of hydrogen-bond acceptors (Lipinski definition) is 6. The molecule has 3 rings (SSSR count). The molecule has 1 heterocycles. The third-order valence-electron chi connectivity index (χ3n) is 3.93. The van der Waals surface area contributed by atoms with Gasteiger partial charge in [-0.1, -0.05) is 6.07 Å². The number of nitrogens with zero attached hydrogens (tertiary/aromatic N) is 2. The molecule has 1 aromatic heterocycles. The number of nitro groups is 1. The third-order valence-corrected chi connectivity index (χ3v) is 4.13. The van der Waals surface area contributed by atoms with Crippen molar-refractivity contribution < 1.29 is 14.5 Å². The number of benzene rings is 2. The third kappa shape index (κ3) is 6.05. The van der Waals surface area contributed by atoms with Crippen LogP contribution in [0.25, 0.3) is 0 Å². The maximum atomic E-state index is 12.2. The summed E-state index contributed by atoms with van der Waals surface area (Å²) in [5.41, 5.74) is 6.58. The molecule has 0 saturated carbocycles. The second-order valence-corrected chi connectivity index (χ2v) is 6.49. The average Bonchev–Trinajstić information content (AvgIpc) is 2.79. The van der Waals surface area contributed by atoms with Crippen LogP contribution in [0.2, 0.25) is 0 Å². The van der Waals surface area contributed by atoms with E-state index in [0.29, 0.717) is 16.9 Å². The molecular formula is C20H16N6O4S. The highest BCUT2D eigenvalue weighted by molar-refractivity contribution is 7.80. The first-order valence-electron chi connectivity index (χ1n) is 8.86. The number of hydrogen-bond donors (Lipinski definition) is 4. The van der Waals surface area contributed by atoms with Gasteiger partial charge in [-0.2, -0.15) is 0 Å². The molecule has 0 saturated heterocycles. The predicted molar refractivity (Wildman–Crippen MR) is 119 cm³/mol. The van der Waals surface area contributed by atoms with Gasteiger partial charge in [0, 0.05) is 35.3 Å². The molecule has 2 amide bonds. The van der Waals surface area contributed by atoms with Crippen LogP contribution in [0.1, 0.15) is 20.8 Å². The smallest absolute Gasteiger partial charge is 0.274 e. The zero-order valence-corrected chi connectivity index (χ0v) is 16.7. The van der Waals surface area contributed by atoms with E-state index in [4.69, 9.17) is 12.2 Å². The maximum absolute atomic E-state index is 12.2. The van der Waals surface area contributed by atoms with Crippen molar-refractivity contribution in [3.63, 3.8) is 0 Å². The van der Waals surface area contributed by atoms with E-state index >= 15 is 0 Å². The summed E-state index contributed by atoms with van der Waals surface area (Å²) < 4.78 is 0. The Morgan fingerprint density at radius 1 is 0.839 bits per heavy atom. The zero-order valence-electron chi connectivity index (χ0n) is 15.9. The minimum atomic E-state index is -0.504. The molecular weight excluding hydrogens is 420 g/mol. The number of nitro benzene ring substituents is 1. The molecule has 0 unspecified atom stereocenters. The van der Waals surface area contributed by atoms with Gasteiger partial charge in [-0.25, -0.2) is 0 Å². The lowest BCUT2D eigenvalue weighted by molar-refractivity contribution is -0.384. The van der Waals surface area contributed by atoms with Crippen LogP contribution in [0.15, 0.2) is 72.9 Å². The molecule has 0 aliphatic rings. The standard InChI is InChI=1S/C20H16N6O4S/c27-18(24-25-20(31)23-15-8-10-16(11-9-15)26(29)30)13-4-6-14(7-5-13)22-19(28)17-3-1-2-12-21-17/h1-12H,(H,22,28)(H,24,27)(H2,23,25,31). The predicted octanol–water partition coefficient (Wildman–Crippen LogP) is 2.87. The van der Waals surface area contributed by atoms with Gasteiger partial charge in [-0.15, -0.1) is 0 Å². The highest BCUT2D eigenvalue weighted by Gasteiger charge is 2.10. The lowest BCUT2D eigenvalue weighted by Gasteiger charge is -2.12. The Balaban J connectivity index is 1.49. The molecule has 4 N–H and O–H groups in total. The summed E-state index contributed by atoms with van der Waals surface area (Å²) in [6.45, 7) is 0. The second kappa shape index (κ2) is 9.89. The van der Waals surface area contributed by atoms with Crippen molar-refractivity contribution in [2.45, 2.75) is 0 Å². The van der Waals surface area contributed by atoms with Crippen LogP contribution in [-0.2, 0) is 0 Å². The fraction of sp³-hybridized carbons (Fsp3) is 0. The van der Waals surface area contributed by atoms with Gasteiger partial charge in [0.15, 0.2) is 5.11 Å². The monoisotopic (exact) mass is 436 g/mol. The molecule has 0 radical (unpaired) electrons. The van der Waals surface area contributed by atoms with Gasteiger partial charge in [-0.05, 0) is 60.7 Å². The first-order valence-corrected chi connectivity index (χ1v) is 9.27. The number of pyridine rings is 1. The number of non-ortho nitro benzene ring substituents is 1. The highest BCUT2D eigenvalue weighted by atomic mass is 32.1. The van der Waals surface area contributed by atoms with Gasteiger partial charge in [0.1, 0.15) is 5.69 Å². The molecule has 0 spiro atoms. The van der Waals surface area contributed by atoms with E-state index in [1.165, 1.54) is 42.6 Å². The van der Waals surface area contributed by atoms with Crippen LogP contribution < -0.4 is 21.5 Å². The lowest BCUT2D eigenvalue weighted by Crippen LogP contribution is -2.43. The van der Waals surface area contributed by atoms with E-state index in [2.05, 4.69) is 26.5 Å². The number of thiocarbonyl (C=S) groups is 1. The van der Waals surface area contributed by atoms with Crippen molar-refractivity contribution in [3.8, 4) is 0 Å². The molecule has 0 fully saturated rings. The summed E-state index contributed by atoms with van der Waals surface area (Å²) in [7, 11) is 0. The lowest BCUT2D eigenvalue weighted by atomic mass is 10.2. The van der Waals surface area contributed by atoms with E-state index in [0.717, 1.165) is 0 Å². The minimum Gasteiger partial charge on any atom is -0.331 e. The van der Waals surface area contributed by atoms with Crippen LogP contribution in [0, 0.1) is 10.1 Å². The number of rotatable bonds is 5. The van der Waals surface area contributed by atoms with E-state index in [1.807, 2.05) is 0 Å². The quantitative estimate of drug-likeness (QED) is 0.272. The van der Waals surface area contributed by atoms with Crippen molar-refractivity contribution >= 4 is 46.2 Å². The normalized spacial score (nSPS) is 9.94. The average molecular weight is 436 g/mol. The molecule has 31 heavy (non-hydrogen) atoms. The molecule has 156 valence electrons. The second-order valence-electron chi connectivity index (χ2n) is 6.08. The number of aromatic nitrogens is 1. The highest BCUT2D eigenvalue weighted by Crippen LogP contribution is 2.15. The number of nitrogens with one attached hydrogen (secondary N) is 4. The van der Waals surface area contributed by atoms with Gasteiger partial charge in [0.2, 0.25) is 0 Å². The molecule has 3 aromatic rings. The summed E-state index contributed by atoms with van der Waals surface area (Å²) in [5, 5.41) is 16.2. The number of hydrazine groups is 1. The molecule has 0 aliphatic heterocycles. The zero-order chi connectivity index (χ0) is 22.2. The molecule has 2 aromatic carbocycles. The Labute approximate surface area is 181 Å². The van der Waals surface area contributed by atoms with E-state index in [9.17, 15) is 19.7 Å². The first kappa shape index (κ1) is 21.3. The van der Waals surface area contributed by atoms with Crippen molar-refractivity contribution in [1.82, 2.24) is 15.8 Å². The Kier molecular flexibility index (Phi) is 6.81. The minimum absolute atomic E-state index is 0.0441. The molecule has 0 atom stereocenters. The fourth-order valence-electron chi connectivity index (χ4n) is 2.41. The summed E-state index contributed by atoms with van der Waals surface area (Å²) >= 11 is 5.08. The van der Waals surface area contributed by atoms with Crippen molar-refractivity contribution in [2.75, 3.05) is 10.6 Å². The van der Waals surface area contributed by atoms with Crippen LogP contribution in [0.5, 0.6) is 0 Å². The summed E-state index contributed by atoms with van der Waals surface area (Å²) in [4.78, 5) is 38.5. The summed E-state index contributed by atoms with van der Waals surface area (Å²) in [5.74, 6) is -0.808. The van der Waals surface area contributed by atoms with Crippen LogP contribution in [-0.4, -0.2) is 26.8 Å². The van der Waals surface area contributed by atoms with Crippen molar-refractivity contribution in [2.24, 2.45) is 0 Å². The number of anilines is 2. The van der Waals surface area contributed by atoms with E-state index < -0.39 is 10.8 Å². The molecule has 0 bridgehead atoms. The number of carbonyl (C=O) groups is 2. The largest absolute Gasteiger partial charge is 0.331 e. The SMILES string of the molecule is O=C(NNC(=S)Nc1ccc([N+](=O)[O-])cc1)c1ccc(NC(=O)c2ccccn2)cc1. The Morgan fingerprint density at radius 3 is 2.10 bits per heavy atom. The van der Waals surface area contributed by atoms with Crippen molar-refractivity contribution in [1.29, 1.82) is 0 Å². The fourth-order valence-corrected chi connectivity index (χ4v) is 2.58. The Hall–Kier alpha value is -4.38. The topological polar surface area (TPSA) is 138 Å². The molecule has 0 aliphatic carbocycles. The van der Waals surface area contributed by atoms with Crippen LogP contribution in [0.4, 0.5) is 17.1 Å². The van der Waals surface area contributed by atoms with Crippen molar-refractivity contribution in [3.05, 3.63) is 94.3 Å². The van der Waals surface area contributed by atoms with Gasteiger partial charge >= 0.3 is 0 Å².